The normalized spacial score (nSPS) is 17.1. The molecule has 1 atom stereocenters. The van der Waals surface area contributed by atoms with Crippen LogP contribution in [-0.4, -0.2) is 35.1 Å². The third-order valence-electron chi connectivity index (χ3n) is 4.20. The highest BCUT2D eigenvalue weighted by atomic mass is 16.5. The molecule has 2 heterocycles. The minimum atomic E-state index is -0.743. The van der Waals surface area contributed by atoms with Crippen molar-refractivity contribution in [3.63, 3.8) is 0 Å². The number of hydrogen-bond acceptors (Lipinski definition) is 5. The molecule has 1 aliphatic heterocycles. The Morgan fingerprint density at radius 2 is 1.88 bits per heavy atom. The van der Waals surface area contributed by atoms with E-state index in [1.807, 2.05) is 30.3 Å². The summed E-state index contributed by atoms with van der Waals surface area (Å²) in [6.07, 6.45) is 3.39. The van der Waals surface area contributed by atoms with Crippen LogP contribution in [0.3, 0.4) is 0 Å². The number of Topliss-reactive ketones (excluding diaryl/α,β-unsaturated/α-hetero) is 1. The van der Waals surface area contributed by atoms with Crippen LogP contribution in [0.5, 0.6) is 0 Å². The van der Waals surface area contributed by atoms with E-state index in [0.717, 1.165) is 18.4 Å². The maximum absolute atomic E-state index is 12.5. The Balaban J connectivity index is 1.66. The molecule has 130 valence electrons. The summed E-state index contributed by atoms with van der Waals surface area (Å²) in [5.41, 5.74) is 0.871. The summed E-state index contributed by atoms with van der Waals surface area (Å²) in [6.45, 7) is 0.501. The molecule has 6 heteroatoms. The van der Waals surface area contributed by atoms with Crippen molar-refractivity contribution in [2.24, 2.45) is 0 Å². The van der Waals surface area contributed by atoms with Gasteiger partial charge in [-0.25, -0.2) is 4.79 Å². The van der Waals surface area contributed by atoms with Gasteiger partial charge in [-0.15, -0.1) is 0 Å². The van der Waals surface area contributed by atoms with Gasteiger partial charge >= 0.3 is 5.97 Å². The number of piperidine rings is 1. The van der Waals surface area contributed by atoms with E-state index in [1.165, 1.54) is 17.2 Å². The number of benzene rings is 1. The van der Waals surface area contributed by atoms with E-state index < -0.39 is 23.7 Å². The fourth-order valence-electron chi connectivity index (χ4n) is 2.89. The number of furan rings is 1. The van der Waals surface area contributed by atoms with Crippen molar-refractivity contribution in [3.8, 4) is 0 Å². The molecule has 0 N–H and O–H groups in total. The second-order valence-corrected chi connectivity index (χ2v) is 5.91. The maximum atomic E-state index is 12.5. The first-order valence-electron chi connectivity index (χ1n) is 8.26. The number of amides is 1. The molecule has 1 aromatic carbocycles. The summed E-state index contributed by atoms with van der Waals surface area (Å²) in [6, 6.07) is 11.6. The molecular weight excluding hydrogens is 322 g/mol. The summed E-state index contributed by atoms with van der Waals surface area (Å²) < 4.78 is 10.3. The number of nitrogens with zero attached hydrogens (tertiary/aromatic N) is 1. The predicted octanol–water partition coefficient (Wildman–Crippen LogP) is 2.59. The Labute approximate surface area is 145 Å². The van der Waals surface area contributed by atoms with Gasteiger partial charge < -0.3 is 14.1 Å². The highest BCUT2D eigenvalue weighted by molar-refractivity contribution is 6.42. The van der Waals surface area contributed by atoms with Crippen LogP contribution >= 0.6 is 0 Å². The quantitative estimate of drug-likeness (QED) is 0.475. The second-order valence-electron chi connectivity index (χ2n) is 5.91. The average Bonchev–Trinajstić information content (AvgIpc) is 3.20. The van der Waals surface area contributed by atoms with Gasteiger partial charge in [0.15, 0.2) is 5.76 Å². The summed E-state index contributed by atoms with van der Waals surface area (Å²) in [5, 5.41) is 0. The number of carbonyl (C=O) groups is 3. The summed E-state index contributed by atoms with van der Waals surface area (Å²) in [5.74, 6) is -1.97. The van der Waals surface area contributed by atoms with Gasteiger partial charge in [-0.05, 0) is 37.0 Å². The smallest absolute Gasteiger partial charge is 0.329 e. The lowest BCUT2D eigenvalue weighted by Gasteiger charge is -2.33. The zero-order valence-electron chi connectivity index (χ0n) is 13.7. The standard InChI is InChI=1S/C19H19NO5/c21-17(16-10-6-12-24-16)18(22)20-11-5-4-9-15(20)19(23)25-13-14-7-2-1-3-8-14/h1-3,6-8,10,12,15H,4-5,9,11,13H2/t15-/m0/s1. The molecule has 1 aliphatic rings. The van der Waals surface area contributed by atoms with Crippen LogP contribution in [-0.2, 0) is 20.9 Å². The number of likely N-dealkylation sites (tertiary alicyclic amines) is 1. The van der Waals surface area contributed by atoms with Gasteiger partial charge in [-0.1, -0.05) is 30.3 Å². The van der Waals surface area contributed by atoms with Crippen molar-refractivity contribution >= 4 is 17.7 Å². The van der Waals surface area contributed by atoms with Crippen LogP contribution in [0, 0.1) is 0 Å². The van der Waals surface area contributed by atoms with Crippen molar-refractivity contribution in [2.75, 3.05) is 6.54 Å². The van der Waals surface area contributed by atoms with Crippen molar-refractivity contribution in [2.45, 2.75) is 31.9 Å². The second kappa shape index (κ2) is 7.79. The molecule has 1 amide bonds. The van der Waals surface area contributed by atoms with Gasteiger partial charge in [-0.2, -0.15) is 0 Å². The van der Waals surface area contributed by atoms with E-state index in [1.54, 1.807) is 6.07 Å². The lowest BCUT2D eigenvalue weighted by molar-refractivity contribution is -0.156. The number of ketones is 1. The molecule has 1 saturated heterocycles. The van der Waals surface area contributed by atoms with E-state index in [-0.39, 0.29) is 12.4 Å². The molecule has 3 rings (SSSR count). The Morgan fingerprint density at radius 3 is 2.60 bits per heavy atom. The molecule has 6 nitrogen and oxygen atoms in total. The monoisotopic (exact) mass is 341 g/mol. The molecule has 1 fully saturated rings. The number of esters is 1. The maximum Gasteiger partial charge on any atom is 0.329 e. The Kier molecular flexibility index (Phi) is 5.28. The number of carbonyl (C=O) groups excluding carboxylic acids is 3. The van der Waals surface area contributed by atoms with Crippen LogP contribution in [0.4, 0.5) is 0 Å². The highest BCUT2D eigenvalue weighted by Gasteiger charge is 2.37. The topological polar surface area (TPSA) is 76.8 Å². The Morgan fingerprint density at radius 1 is 1.08 bits per heavy atom. The number of rotatable bonds is 5. The molecule has 25 heavy (non-hydrogen) atoms. The summed E-state index contributed by atoms with van der Waals surface area (Å²) >= 11 is 0. The number of hydrogen-bond donors (Lipinski definition) is 0. The largest absolute Gasteiger partial charge is 0.461 e. The van der Waals surface area contributed by atoms with Crippen molar-refractivity contribution in [1.29, 1.82) is 0 Å². The van der Waals surface area contributed by atoms with Crippen LogP contribution in [0.2, 0.25) is 0 Å². The van der Waals surface area contributed by atoms with E-state index >= 15 is 0 Å². The van der Waals surface area contributed by atoms with Crippen LogP contribution < -0.4 is 0 Å². The minimum absolute atomic E-state index is 0.0213. The van der Waals surface area contributed by atoms with Gasteiger partial charge in [0.25, 0.3) is 11.7 Å². The lowest BCUT2D eigenvalue weighted by Crippen LogP contribution is -2.50. The predicted molar refractivity (Wildman–Crippen MR) is 88.6 cm³/mol. The van der Waals surface area contributed by atoms with Crippen LogP contribution in [0.1, 0.15) is 35.4 Å². The fraction of sp³-hybridized carbons (Fsp3) is 0.316. The molecule has 0 saturated carbocycles. The lowest BCUT2D eigenvalue weighted by atomic mass is 10.0. The van der Waals surface area contributed by atoms with Gasteiger partial charge in [0.1, 0.15) is 12.6 Å². The van der Waals surface area contributed by atoms with E-state index in [2.05, 4.69) is 0 Å². The van der Waals surface area contributed by atoms with Crippen LogP contribution in [0.25, 0.3) is 0 Å². The molecule has 0 aliphatic carbocycles. The average molecular weight is 341 g/mol. The zero-order valence-corrected chi connectivity index (χ0v) is 13.7. The van der Waals surface area contributed by atoms with E-state index in [4.69, 9.17) is 9.15 Å². The van der Waals surface area contributed by atoms with E-state index in [0.29, 0.717) is 13.0 Å². The van der Waals surface area contributed by atoms with E-state index in [9.17, 15) is 14.4 Å². The van der Waals surface area contributed by atoms with Crippen molar-refractivity contribution in [3.05, 3.63) is 60.1 Å². The molecule has 0 bridgehead atoms. The fourth-order valence-corrected chi connectivity index (χ4v) is 2.89. The van der Waals surface area contributed by atoms with Gasteiger partial charge in [0, 0.05) is 6.54 Å². The molecule has 1 aromatic heterocycles. The molecule has 0 spiro atoms. The van der Waals surface area contributed by atoms with Gasteiger partial charge in [0.2, 0.25) is 0 Å². The molecule has 2 aromatic rings. The first kappa shape index (κ1) is 17.0. The Hall–Kier alpha value is -2.89. The van der Waals surface area contributed by atoms with Crippen molar-refractivity contribution in [1.82, 2.24) is 4.90 Å². The minimum Gasteiger partial charge on any atom is -0.461 e. The summed E-state index contributed by atoms with van der Waals surface area (Å²) in [4.78, 5) is 38.5. The molecular formula is C19H19NO5. The first-order valence-corrected chi connectivity index (χ1v) is 8.26. The Bertz CT molecular complexity index is 738. The summed E-state index contributed by atoms with van der Waals surface area (Å²) in [7, 11) is 0. The number of ether oxygens (including phenoxy) is 1. The third kappa shape index (κ3) is 3.96. The SMILES string of the molecule is O=C(C(=O)N1CCCC[C@H]1C(=O)OCc1ccccc1)c1ccco1. The highest BCUT2D eigenvalue weighted by Crippen LogP contribution is 2.20. The third-order valence-corrected chi connectivity index (χ3v) is 4.20. The van der Waals surface area contributed by atoms with Crippen molar-refractivity contribution < 1.29 is 23.5 Å². The van der Waals surface area contributed by atoms with Crippen LogP contribution in [0.15, 0.2) is 53.1 Å². The molecule has 0 unspecified atom stereocenters. The molecule has 0 radical (unpaired) electrons. The van der Waals surface area contributed by atoms with Gasteiger partial charge in [-0.3, -0.25) is 9.59 Å². The van der Waals surface area contributed by atoms with Gasteiger partial charge in [0.05, 0.1) is 6.26 Å². The first-order chi connectivity index (χ1) is 12.2. The zero-order chi connectivity index (χ0) is 17.6.